The standard InChI is InChI=1S/C23H16F5N7O2/c1-34-11-16(23(26,27)28)32-18(34)13-6-4-12(5-7-13)10-35-19-15(31-22(35)36)9-30-17(33-19)14-3-2-8-29-20(14)37-21(24)25/h2-9,11,21H,10H2,1H3,(H,31,36). The molecule has 0 aliphatic carbocycles. The number of alkyl halides is 5. The van der Waals surface area contributed by atoms with Gasteiger partial charge in [-0.15, -0.1) is 0 Å². The first-order chi connectivity index (χ1) is 17.6. The van der Waals surface area contributed by atoms with Gasteiger partial charge in [0.25, 0.3) is 0 Å². The van der Waals surface area contributed by atoms with E-state index in [-0.39, 0.29) is 35.3 Å². The number of ether oxygens (including phenoxy) is 1. The highest BCUT2D eigenvalue weighted by atomic mass is 19.4. The molecule has 4 heterocycles. The van der Waals surface area contributed by atoms with E-state index in [4.69, 9.17) is 0 Å². The number of rotatable bonds is 6. The highest BCUT2D eigenvalue weighted by Crippen LogP contribution is 2.31. The van der Waals surface area contributed by atoms with Crippen molar-refractivity contribution in [1.29, 1.82) is 0 Å². The van der Waals surface area contributed by atoms with Crippen LogP contribution in [0.5, 0.6) is 5.88 Å². The lowest BCUT2D eigenvalue weighted by molar-refractivity contribution is -0.140. The van der Waals surface area contributed by atoms with Crippen LogP contribution in [0.3, 0.4) is 0 Å². The summed E-state index contributed by atoms with van der Waals surface area (Å²) in [5, 5.41) is 0. The van der Waals surface area contributed by atoms with Crippen molar-refractivity contribution >= 4 is 11.2 Å². The van der Waals surface area contributed by atoms with Crippen LogP contribution in [0.1, 0.15) is 11.3 Å². The minimum atomic E-state index is -4.56. The minimum absolute atomic E-state index is 0.0228. The van der Waals surface area contributed by atoms with Gasteiger partial charge in [0.2, 0.25) is 5.88 Å². The van der Waals surface area contributed by atoms with E-state index in [1.54, 1.807) is 24.3 Å². The van der Waals surface area contributed by atoms with E-state index in [2.05, 4.69) is 29.7 Å². The number of pyridine rings is 1. The molecule has 1 N–H and O–H groups in total. The van der Waals surface area contributed by atoms with Crippen molar-refractivity contribution in [1.82, 2.24) is 34.1 Å². The van der Waals surface area contributed by atoms with Gasteiger partial charge in [0.1, 0.15) is 11.3 Å². The van der Waals surface area contributed by atoms with Crippen molar-refractivity contribution in [2.75, 3.05) is 0 Å². The number of imidazole rings is 2. The average molecular weight is 517 g/mol. The number of benzene rings is 1. The van der Waals surface area contributed by atoms with Gasteiger partial charge in [0.05, 0.1) is 18.3 Å². The van der Waals surface area contributed by atoms with Gasteiger partial charge in [0, 0.05) is 25.0 Å². The van der Waals surface area contributed by atoms with Crippen LogP contribution in [-0.2, 0) is 19.8 Å². The fourth-order valence-electron chi connectivity index (χ4n) is 3.77. The van der Waals surface area contributed by atoms with Gasteiger partial charge in [-0.3, -0.25) is 4.57 Å². The summed E-state index contributed by atoms with van der Waals surface area (Å²) in [4.78, 5) is 31.2. The Balaban J connectivity index is 1.47. The normalized spacial score (nSPS) is 12.0. The highest BCUT2D eigenvalue weighted by molar-refractivity contribution is 5.74. The maximum atomic E-state index is 13.0. The van der Waals surface area contributed by atoms with Crippen molar-refractivity contribution in [3.8, 4) is 28.7 Å². The van der Waals surface area contributed by atoms with Crippen molar-refractivity contribution in [3.63, 3.8) is 0 Å². The summed E-state index contributed by atoms with van der Waals surface area (Å²) >= 11 is 0. The second-order valence-corrected chi connectivity index (χ2v) is 7.94. The van der Waals surface area contributed by atoms with Gasteiger partial charge in [0.15, 0.2) is 17.2 Å². The molecule has 0 amide bonds. The Labute approximate surface area is 204 Å². The molecule has 0 radical (unpaired) electrons. The number of halogens is 5. The molecule has 0 aliphatic heterocycles. The summed E-state index contributed by atoms with van der Waals surface area (Å²) in [6.07, 6.45) is -1.02. The van der Waals surface area contributed by atoms with Crippen molar-refractivity contribution in [2.45, 2.75) is 19.3 Å². The zero-order chi connectivity index (χ0) is 26.3. The number of aromatic amines is 1. The van der Waals surface area contributed by atoms with Crippen LogP contribution >= 0.6 is 0 Å². The number of hydrogen-bond donors (Lipinski definition) is 1. The second kappa shape index (κ2) is 9.11. The third kappa shape index (κ3) is 4.77. The predicted molar refractivity (Wildman–Crippen MR) is 121 cm³/mol. The number of fused-ring (bicyclic) bond motifs is 1. The first-order valence-electron chi connectivity index (χ1n) is 10.7. The fourth-order valence-corrected chi connectivity index (χ4v) is 3.77. The maximum Gasteiger partial charge on any atom is 0.434 e. The summed E-state index contributed by atoms with van der Waals surface area (Å²) in [5.74, 6) is -0.201. The molecule has 37 heavy (non-hydrogen) atoms. The van der Waals surface area contributed by atoms with Crippen LogP contribution in [0, 0.1) is 0 Å². The second-order valence-electron chi connectivity index (χ2n) is 7.94. The Morgan fingerprint density at radius 1 is 1.08 bits per heavy atom. The van der Waals surface area contributed by atoms with E-state index in [0.29, 0.717) is 16.6 Å². The zero-order valence-electron chi connectivity index (χ0n) is 18.9. The molecule has 190 valence electrons. The smallest absolute Gasteiger partial charge is 0.416 e. The topological polar surface area (TPSA) is 104 Å². The molecule has 5 rings (SSSR count). The van der Waals surface area contributed by atoms with Crippen LogP contribution in [0.2, 0.25) is 0 Å². The van der Waals surface area contributed by atoms with Crippen LogP contribution in [0.25, 0.3) is 33.9 Å². The lowest BCUT2D eigenvalue weighted by Crippen LogP contribution is -2.17. The van der Waals surface area contributed by atoms with Crippen LogP contribution in [0.15, 0.2) is 59.8 Å². The van der Waals surface area contributed by atoms with Crippen molar-refractivity contribution in [2.24, 2.45) is 7.05 Å². The molecule has 1 aromatic carbocycles. The number of hydrogen-bond acceptors (Lipinski definition) is 6. The quantitative estimate of drug-likeness (QED) is 0.338. The lowest BCUT2D eigenvalue weighted by Gasteiger charge is -2.09. The average Bonchev–Trinajstić information content (AvgIpc) is 3.39. The third-order valence-electron chi connectivity index (χ3n) is 5.44. The SMILES string of the molecule is Cn1cc(C(F)(F)F)nc1-c1ccc(Cn2c(=O)[nH]c3cnc(-c4cccnc4OC(F)F)nc32)cc1. The summed E-state index contributed by atoms with van der Waals surface area (Å²) in [7, 11) is 1.47. The van der Waals surface area contributed by atoms with Gasteiger partial charge in [-0.25, -0.2) is 24.7 Å². The zero-order valence-corrected chi connectivity index (χ0v) is 18.9. The molecule has 0 aliphatic rings. The molecule has 0 atom stereocenters. The van der Waals surface area contributed by atoms with E-state index in [1.807, 2.05) is 0 Å². The molecular weight excluding hydrogens is 501 g/mol. The number of H-pyrrole nitrogens is 1. The molecular formula is C23H16F5N7O2. The molecule has 0 fully saturated rings. The molecule has 9 nitrogen and oxygen atoms in total. The van der Waals surface area contributed by atoms with E-state index in [9.17, 15) is 26.7 Å². The molecule has 0 spiro atoms. The molecule has 0 unspecified atom stereocenters. The van der Waals surface area contributed by atoms with Crippen molar-refractivity contribution in [3.05, 3.63) is 76.7 Å². The van der Waals surface area contributed by atoms with Gasteiger partial charge in [-0.1, -0.05) is 24.3 Å². The summed E-state index contributed by atoms with van der Waals surface area (Å²) in [5.41, 5.74) is 0.275. The highest BCUT2D eigenvalue weighted by Gasteiger charge is 2.34. The minimum Gasteiger partial charge on any atom is -0.416 e. The Bertz CT molecular complexity index is 1640. The predicted octanol–water partition coefficient (Wildman–Crippen LogP) is 4.25. The summed E-state index contributed by atoms with van der Waals surface area (Å²) < 4.78 is 71.6. The summed E-state index contributed by atoms with van der Waals surface area (Å²) in [6, 6.07) is 9.47. The molecule has 14 heteroatoms. The Hall–Kier alpha value is -4.62. The number of aryl methyl sites for hydroxylation is 1. The molecule has 0 bridgehead atoms. The number of nitrogens with zero attached hydrogens (tertiary/aromatic N) is 6. The monoisotopic (exact) mass is 517 g/mol. The van der Waals surface area contributed by atoms with Crippen LogP contribution in [0.4, 0.5) is 22.0 Å². The maximum absolute atomic E-state index is 13.0. The molecule has 0 saturated carbocycles. The molecule has 4 aromatic heterocycles. The largest absolute Gasteiger partial charge is 0.434 e. The Morgan fingerprint density at radius 3 is 2.51 bits per heavy atom. The molecule has 0 saturated heterocycles. The van der Waals surface area contributed by atoms with E-state index in [1.165, 1.54) is 40.7 Å². The first kappa shape index (κ1) is 24.1. The van der Waals surface area contributed by atoms with Gasteiger partial charge < -0.3 is 14.3 Å². The Kier molecular flexibility index (Phi) is 5.93. The number of nitrogens with one attached hydrogen (secondary N) is 1. The van der Waals surface area contributed by atoms with Crippen LogP contribution < -0.4 is 10.4 Å². The van der Waals surface area contributed by atoms with Gasteiger partial charge >= 0.3 is 18.5 Å². The van der Waals surface area contributed by atoms with Crippen molar-refractivity contribution < 1.29 is 26.7 Å². The van der Waals surface area contributed by atoms with E-state index >= 15 is 0 Å². The third-order valence-corrected chi connectivity index (χ3v) is 5.44. The van der Waals surface area contributed by atoms with Gasteiger partial charge in [-0.2, -0.15) is 22.0 Å². The van der Waals surface area contributed by atoms with Crippen LogP contribution in [-0.4, -0.2) is 40.7 Å². The van der Waals surface area contributed by atoms with E-state index < -0.39 is 24.2 Å². The lowest BCUT2D eigenvalue weighted by atomic mass is 10.1. The first-order valence-corrected chi connectivity index (χ1v) is 10.7. The fraction of sp³-hybridized carbons (Fsp3) is 0.174. The van der Waals surface area contributed by atoms with Gasteiger partial charge in [-0.05, 0) is 17.7 Å². The Morgan fingerprint density at radius 2 is 1.84 bits per heavy atom. The summed E-state index contributed by atoms with van der Waals surface area (Å²) in [6.45, 7) is -3.03. The number of aromatic nitrogens is 7. The van der Waals surface area contributed by atoms with E-state index in [0.717, 1.165) is 6.20 Å². The molecule has 5 aromatic rings.